The van der Waals surface area contributed by atoms with Crippen LogP contribution in [-0.2, 0) is 6.54 Å². The Hall–Kier alpha value is -1.55. The molecule has 0 aliphatic heterocycles. The molecule has 0 aliphatic carbocycles. The normalized spacial score (nSPS) is 10.4. The zero-order chi connectivity index (χ0) is 14.7. The molecule has 106 valence electrons. The first-order valence-corrected chi connectivity index (χ1v) is 7.13. The molecule has 0 amide bonds. The van der Waals surface area contributed by atoms with Gasteiger partial charge in [0.15, 0.2) is 0 Å². The summed E-state index contributed by atoms with van der Waals surface area (Å²) in [5, 5.41) is 3.37. The number of halogens is 2. The third-order valence-electron chi connectivity index (χ3n) is 3.24. The van der Waals surface area contributed by atoms with E-state index in [1.54, 1.807) is 19.2 Å². The molecule has 2 rings (SSSR count). The van der Waals surface area contributed by atoms with Crippen LogP contribution in [0, 0.1) is 19.7 Å². The molecule has 0 fully saturated rings. The molecule has 1 N–H and O–H groups in total. The average molecular weight is 338 g/mol. The van der Waals surface area contributed by atoms with Crippen molar-refractivity contribution in [2.75, 3.05) is 12.4 Å². The van der Waals surface area contributed by atoms with Crippen molar-refractivity contribution in [2.45, 2.75) is 20.4 Å². The van der Waals surface area contributed by atoms with E-state index >= 15 is 0 Å². The summed E-state index contributed by atoms with van der Waals surface area (Å²) in [6, 6.07) is 8.78. The fourth-order valence-corrected chi connectivity index (χ4v) is 2.69. The summed E-state index contributed by atoms with van der Waals surface area (Å²) in [6.45, 7) is 4.56. The minimum absolute atomic E-state index is 0.205. The monoisotopic (exact) mass is 337 g/mol. The minimum Gasteiger partial charge on any atom is -0.495 e. The van der Waals surface area contributed by atoms with Crippen LogP contribution in [0.1, 0.15) is 16.7 Å². The van der Waals surface area contributed by atoms with E-state index in [9.17, 15) is 4.39 Å². The van der Waals surface area contributed by atoms with E-state index in [1.807, 2.05) is 26.0 Å². The van der Waals surface area contributed by atoms with Crippen LogP contribution in [0.15, 0.2) is 34.8 Å². The summed E-state index contributed by atoms with van der Waals surface area (Å²) in [7, 11) is 1.65. The highest BCUT2D eigenvalue weighted by Crippen LogP contribution is 2.32. The number of methoxy groups -OCH3 is 1. The van der Waals surface area contributed by atoms with Crippen LogP contribution in [0.25, 0.3) is 0 Å². The molecule has 0 saturated heterocycles. The number of rotatable bonds is 4. The smallest absolute Gasteiger partial charge is 0.143 e. The van der Waals surface area contributed by atoms with Crippen LogP contribution < -0.4 is 10.1 Å². The highest BCUT2D eigenvalue weighted by atomic mass is 79.9. The van der Waals surface area contributed by atoms with Crippen LogP contribution >= 0.6 is 15.9 Å². The van der Waals surface area contributed by atoms with Gasteiger partial charge in [-0.15, -0.1) is 0 Å². The summed E-state index contributed by atoms with van der Waals surface area (Å²) < 4.78 is 19.5. The molecule has 2 aromatic carbocycles. The highest BCUT2D eigenvalue weighted by molar-refractivity contribution is 9.10. The van der Waals surface area contributed by atoms with Gasteiger partial charge < -0.3 is 10.1 Å². The molecular weight excluding hydrogens is 321 g/mol. The number of ether oxygens (including phenoxy) is 1. The second-order valence-electron chi connectivity index (χ2n) is 4.72. The largest absolute Gasteiger partial charge is 0.495 e. The van der Waals surface area contributed by atoms with Gasteiger partial charge in [-0.1, -0.05) is 22.0 Å². The quantitative estimate of drug-likeness (QED) is 0.862. The van der Waals surface area contributed by atoms with Crippen LogP contribution in [0.5, 0.6) is 5.75 Å². The molecule has 4 heteroatoms. The Kier molecular flexibility index (Phi) is 4.65. The van der Waals surface area contributed by atoms with Gasteiger partial charge in [0.25, 0.3) is 0 Å². The lowest BCUT2D eigenvalue weighted by Gasteiger charge is -2.15. The fraction of sp³-hybridized carbons (Fsp3) is 0.250. The van der Waals surface area contributed by atoms with Gasteiger partial charge >= 0.3 is 0 Å². The predicted octanol–water partition coefficient (Wildman–Crippen LogP) is 4.83. The molecule has 2 aromatic rings. The summed E-state index contributed by atoms with van der Waals surface area (Å²) in [6.07, 6.45) is 0. The van der Waals surface area contributed by atoms with Crippen molar-refractivity contribution < 1.29 is 9.13 Å². The van der Waals surface area contributed by atoms with Gasteiger partial charge in [-0.05, 0) is 54.8 Å². The van der Waals surface area contributed by atoms with Crippen molar-refractivity contribution >= 4 is 21.6 Å². The Labute approximate surface area is 127 Å². The fourth-order valence-electron chi connectivity index (χ4n) is 2.14. The lowest BCUT2D eigenvalue weighted by molar-refractivity contribution is 0.416. The summed E-state index contributed by atoms with van der Waals surface area (Å²) in [5.41, 5.74) is 4.05. The van der Waals surface area contributed by atoms with Crippen molar-refractivity contribution in [3.05, 3.63) is 57.3 Å². The van der Waals surface area contributed by atoms with E-state index in [-0.39, 0.29) is 5.82 Å². The maximum absolute atomic E-state index is 13.1. The first-order valence-electron chi connectivity index (χ1n) is 6.34. The second kappa shape index (κ2) is 6.27. The van der Waals surface area contributed by atoms with E-state index in [0.29, 0.717) is 6.54 Å². The van der Waals surface area contributed by atoms with E-state index < -0.39 is 0 Å². The van der Waals surface area contributed by atoms with Gasteiger partial charge in [0.2, 0.25) is 0 Å². The van der Waals surface area contributed by atoms with Gasteiger partial charge in [-0.2, -0.15) is 0 Å². The molecule has 0 spiro atoms. The Balaban J connectivity index is 2.22. The molecule has 20 heavy (non-hydrogen) atoms. The molecule has 0 heterocycles. The van der Waals surface area contributed by atoms with E-state index in [1.165, 1.54) is 6.07 Å². The molecule has 0 saturated carbocycles. The van der Waals surface area contributed by atoms with Gasteiger partial charge in [0, 0.05) is 11.0 Å². The van der Waals surface area contributed by atoms with Crippen molar-refractivity contribution in [1.82, 2.24) is 0 Å². The number of anilines is 1. The molecule has 0 bridgehead atoms. The molecule has 0 radical (unpaired) electrons. The molecule has 0 aromatic heterocycles. The van der Waals surface area contributed by atoms with Crippen LogP contribution in [0.3, 0.4) is 0 Å². The van der Waals surface area contributed by atoms with Gasteiger partial charge in [-0.25, -0.2) is 4.39 Å². The maximum atomic E-state index is 13.1. The third kappa shape index (κ3) is 3.31. The topological polar surface area (TPSA) is 21.3 Å². The number of hydrogen-bond acceptors (Lipinski definition) is 2. The zero-order valence-electron chi connectivity index (χ0n) is 11.8. The minimum atomic E-state index is -0.205. The predicted molar refractivity (Wildman–Crippen MR) is 83.9 cm³/mol. The van der Waals surface area contributed by atoms with Crippen molar-refractivity contribution in [3.63, 3.8) is 0 Å². The third-order valence-corrected chi connectivity index (χ3v) is 3.70. The molecule has 0 aliphatic rings. The van der Waals surface area contributed by atoms with Gasteiger partial charge in [-0.3, -0.25) is 0 Å². The Morgan fingerprint density at radius 3 is 2.55 bits per heavy atom. The Morgan fingerprint density at radius 1 is 1.15 bits per heavy atom. The molecule has 2 nitrogen and oxygen atoms in total. The standard InChI is InChI=1S/C16H17BrFNO/c1-10-7-14(18)5-4-12(10)9-19-16-11(2)6-13(17)8-15(16)20-3/h4-8,19H,9H2,1-3H3. The number of hydrogen-bond donors (Lipinski definition) is 1. The zero-order valence-corrected chi connectivity index (χ0v) is 13.3. The van der Waals surface area contributed by atoms with Crippen LogP contribution in [-0.4, -0.2) is 7.11 Å². The average Bonchev–Trinajstić information content (AvgIpc) is 2.38. The van der Waals surface area contributed by atoms with Crippen LogP contribution in [0.4, 0.5) is 10.1 Å². The van der Waals surface area contributed by atoms with Crippen molar-refractivity contribution in [2.24, 2.45) is 0 Å². The summed E-state index contributed by atoms with van der Waals surface area (Å²) in [4.78, 5) is 0. The lowest BCUT2D eigenvalue weighted by atomic mass is 10.1. The van der Waals surface area contributed by atoms with Crippen LogP contribution in [0.2, 0.25) is 0 Å². The molecular formula is C16H17BrFNO. The Bertz CT molecular complexity index is 628. The van der Waals surface area contributed by atoms with Gasteiger partial charge in [0.05, 0.1) is 12.8 Å². The lowest BCUT2D eigenvalue weighted by Crippen LogP contribution is -2.05. The molecule has 0 unspecified atom stereocenters. The summed E-state index contributed by atoms with van der Waals surface area (Å²) in [5.74, 6) is 0.584. The number of nitrogens with one attached hydrogen (secondary N) is 1. The highest BCUT2D eigenvalue weighted by Gasteiger charge is 2.08. The SMILES string of the molecule is COc1cc(Br)cc(C)c1NCc1ccc(F)cc1C. The second-order valence-corrected chi connectivity index (χ2v) is 5.64. The van der Waals surface area contributed by atoms with E-state index in [2.05, 4.69) is 21.2 Å². The number of aryl methyl sites for hydroxylation is 2. The van der Waals surface area contributed by atoms with E-state index in [0.717, 1.165) is 32.6 Å². The number of benzene rings is 2. The maximum Gasteiger partial charge on any atom is 0.143 e. The summed E-state index contributed by atoms with van der Waals surface area (Å²) >= 11 is 3.45. The molecule has 0 atom stereocenters. The van der Waals surface area contributed by atoms with Crippen molar-refractivity contribution in [1.29, 1.82) is 0 Å². The van der Waals surface area contributed by atoms with Gasteiger partial charge in [0.1, 0.15) is 11.6 Å². The Morgan fingerprint density at radius 2 is 1.90 bits per heavy atom. The first kappa shape index (κ1) is 14.9. The van der Waals surface area contributed by atoms with Crippen molar-refractivity contribution in [3.8, 4) is 5.75 Å². The first-order chi connectivity index (χ1) is 9.51. The van der Waals surface area contributed by atoms with E-state index in [4.69, 9.17) is 4.74 Å².